The van der Waals surface area contributed by atoms with E-state index >= 15 is 0 Å². The van der Waals surface area contributed by atoms with Crippen LogP contribution in [0.4, 0.5) is 0 Å². The molecule has 6 rings (SSSR count). The van der Waals surface area contributed by atoms with E-state index in [1.165, 1.54) is 32.1 Å². The van der Waals surface area contributed by atoms with E-state index in [9.17, 15) is 19.2 Å². The lowest BCUT2D eigenvalue weighted by Crippen LogP contribution is -2.52. The number of hydrogen-bond acceptors (Lipinski definition) is 6. The van der Waals surface area contributed by atoms with Crippen molar-refractivity contribution in [3.05, 3.63) is 64.7 Å². The third-order valence-corrected chi connectivity index (χ3v) is 9.08. The molecule has 9 heteroatoms. The van der Waals surface area contributed by atoms with Gasteiger partial charge in [0.2, 0.25) is 11.8 Å². The Morgan fingerprint density at radius 3 is 2.40 bits per heavy atom. The number of ether oxygens (including phenoxy) is 1. The van der Waals surface area contributed by atoms with Crippen molar-refractivity contribution in [3.8, 4) is 17.6 Å². The van der Waals surface area contributed by atoms with E-state index < -0.39 is 17.2 Å². The molecule has 4 aliphatic rings. The molecular weight excluding hydrogens is 532 g/mol. The minimum atomic E-state index is -1.36. The highest BCUT2D eigenvalue weighted by atomic mass is 16.5. The molecular formula is C33H36N4O5. The summed E-state index contributed by atoms with van der Waals surface area (Å²) in [7, 11) is 1.54. The van der Waals surface area contributed by atoms with Crippen LogP contribution in [0.15, 0.2) is 42.5 Å². The van der Waals surface area contributed by atoms with Gasteiger partial charge >= 0.3 is 0 Å². The van der Waals surface area contributed by atoms with Crippen molar-refractivity contribution in [1.82, 2.24) is 20.0 Å². The molecule has 0 unspecified atom stereocenters. The molecule has 218 valence electrons. The van der Waals surface area contributed by atoms with Crippen LogP contribution in [-0.4, -0.2) is 84.2 Å². The van der Waals surface area contributed by atoms with Crippen LogP contribution in [0.2, 0.25) is 0 Å². The molecule has 0 bridgehead atoms. The number of amides is 4. The van der Waals surface area contributed by atoms with Gasteiger partial charge < -0.3 is 14.5 Å². The molecule has 3 heterocycles. The first-order chi connectivity index (χ1) is 20.3. The van der Waals surface area contributed by atoms with Crippen molar-refractivity contribution >= 4 is 23.6 Å². The molecule has 0 spiro atoms. The second kappa shape index (κ2) is 11.6. The number of fused-ring (bicyclic) bond motifs is 1. The number of hydrogen-bond donors (Lipinski definition) is 1. The molecule has 2 aromatic rings. The molecule has 0 radical (unpaired) electrons. The van der Waals surface area contributed by atoms with Crippen molar-refractivity contribution in [2.24, 2.45) is 5.41 Å². The molecule has 2 saturated heterocycles. The lowest BCUT2D eigenvalue weighted by Gasteiger charge is -2.40. The average molecular weight is 569 g/mol. The van der Waals surface area contributed by atoms with Gasteiger partial charge in [-0.1, -0.05) is 37.2 Å². The predicted molar refractivity (Wildman–Crippen MR) is 156 cm³/mol. The van der Waals surface area contributed by atoms with Gasteiger partial charge in [-0.25, -0.2) is 0 Å². The standard InChI is InChI=1S/C33H36N4O5/c1-42-27-12-11-25-21-37(31(40)28(25)19-27)22-33(20-29(38)34-32(33)41)14-13-23-7-9-24(10-8-23)30(39)36-17-15-35(16-18-36)26-5-3-2-4-6-26/h7-12,19,26H,2-6,15-18,20-22H2,1H3,(H,34,38,41)/t33-/m1/s1. The maximum atomic E-state index is 13.2. The van der Waals surface area contributed by atoms with Crippen LogP contribution >= 0.6 is 0 Å². The number of carbonyl (C=O) groups excluding carboxylic acids is 4. The fourth-order valence-electron chi connectivity index (χ4n) is 6.64. The summed E-state index contributed by atoms with van der Waals surface area (Å²) in [4.78, 5) is 57.6. The van der Waals surface area contributed by atoms with Crippen molar-refractivity contribution in [2.45, 2.75) is 51.1 Å². The number of rotatable bonds is 5. The van der Waals surface area contributed by atoms with Gasteiger partial charge in [-0.2, -0.15) is 0 Å². The van der Waals surface area contributed by atoms with Crippen LogP contribution in [0, 0.1) is 17.3 Å². The van der Waals surface area contributed by atoms with Gasteiger partial charge in [-0.05, 0) is 54.8 Å². The Bertz CT molecular complexity index is 1460. The first kappa shape index (κ1) is 28.0. The van der Waals surface area contributed by atoms with Crippen molar-refractivity contribution in [1.29, 1.82) is 0 Å². The molecule has 3 fully saturated rings. The summed E-state index contributed by atoms with van der Waals surface area (Å²) in [6.07, 6.45) is 6.37. The molecule has 1 atom stereocenters. The maximum absolute atomic E-state index is 13.2. The molecule has 4 amide bonds. The van der Waals surface area contributed by atoms with Gasteiger partial charge in [0.25, 0.3) is 11.8 Å². The van der Waals surface area contributed by atoms with Crippen LogP contribution in [0.5, 0.6) is 5.75 Å². The van der Waals surface area contributed by atoms with Crippen LogP contribution in [0.25, 0.3) is 0 Å². The first-order valence-electron chi connectivity index (χ1n) is 14.8. The number of piperazine rings is 1. The van der Waals surface area contributed by atoms with Gasteiger partial charge in [0.05, 0.1) is 13.5 Å². The third-order valence-electron chi connectivity index (χ3n) is 9.08. The van der Waals surface area contributed by atoms with Gasteiger partial charge in [0, 0.05) is 62.0 Å². The van der Waals surface area contributed by atoms with Crippen molar-refractivity contribution < 1.29 is 23.9 Å². The topological polar surface area (TPSA) is 99.3 Å². The third kappa shape index (κ3) is 5.51. The highest BCUT2D eigenvalue weighted by Gasteiger charge is 2.48. The lowest BCUT2D eigenvalue weighted by molar-refractivity contribution is -0.127. The Kier molecular flexibility index (Phi) is 7.74. The summed E-state index contributed by atoms with van der Waals surface area (Å²) < 4.78 is 5.25. The highest BCUT2D eigenvalue weighted by molar-refractivity contribution is 6.08. The Hall–Kier alpha value is -4.16. The largest absolute Gasteiger partial charge is 0.497 e. The molecule has 1 saturated carbocycles. The van der Waals surface area contributed by atoms with E-state index in [1.54, 1.807) is 48.4 Å². The molecule has 1 aliphatic carbocycles. The fraction of sp³-hybridized carbons (Fsp3) is 0.455. The van der Waals surface area contributed by atoms with Crippen LogP contribution < -0.4 is 10.1 Å². The Labute approximate surface area is 246 Å². The molecule has 3 aliphatic heterocycles. The Morgan fingerprint density at radius 2 is 1.74 bits per heavy atom. The van der Waals surface area contributed by atoms with E-state index in [2.05, 4.69) is 22.1 Å². The van der Waals surface area contributed by atoms with Crippen molar-refractivity contribution in [2.75, 3.05) is 39.8 Å². The average Bonchev–Trinajstić information content (AvgIpc) is 3.49. The van der Waals surface area contributed by atoms with Crippen molar-refractivity contribution in [3.63, 3.8) is 0 Å². The number of carbonyl (C=O) groups is 4. The molecule has 2 aromatic carbocycles. The summed E-state index contributed by atoms with van der Waals surface area (Å²) >= 11 is 0. The Balaban J connectivity index is 1.13. The second-order valence-corrected chi connectivity index (χ2v) is 11.8. The van der Waals surface area contributed by atoms with Crippen LogP contribution in [0.1, 0.15) is 70.4 Å². The van der Waals surface area contributed by atoms with Crippen LogP contribution in [0.3, 0.4) is 0 Å². The zero-order valence-corrected chi connectivity index (χ0v) is 24.0. The number of imide groups is 1. The summed E-state index contributed by atoms with van der Waals surface area (Å²) in [5.41, 5.74) is 1.24. The second-order valence-electron chi connectivity index (χ2n) is 11.8. The van der Waals surface area contributed by atoms with E-state index in [-0.39, 0.29) is 24.8 Å². The number of benzene rings is 2. The van der Waals surface area contributed by atoms with Gasteiger partial charge in [-0.3, -0.25) is 29.4 Å². The minimum absolute atomic E-state index is 0.00317. The first-order valence-corrected chi connectivity index (χ1v) is 14.8. The number of nitrogens with one attached hydrogen (secondary N) is 1. The molecule has 0 aromatic heterocycles. The van der Waals surface area contributed by atoms with E-state index in [0.29, 0.717) is 35.0 Å². The normalized spacial score (nSPS) is 22.9. The molecule has 42 heavy (non-hydrogen) atoms. The fourth-order valence-corrected chi connectivity index (χ4v) is 6.64. The summed E-state index contributed by atoms with van der Waals surface area (Å²) in [5, 5.41) is 2.36. The summed E-state index contributed by atoms with van der Waals surface area (Å²) in [6.45, 7) is 3.62. The summed E-state index contributed by atoms with van der Waals surface area (Å²) in [5.74, 6) is 5.53. The molecule has 1 N–H and O–H groups in total. The van der Waals surface area contributed by atoms with E-state index in [0.717, 1.165) is 31.7 Å². The zero-order valence-electron chi connectivity index (χ0n) is 24.0. The van der Waals surface area contributed by atoms with E-state index in [1.807, 2.05) is 11.0 Å². The zero-order chi connectivity index (χ0) is 29.3. The Morgan fingerprint density at radius 1 is 1.00 bits per heavy atom. The highest BCUT2D eigenvalue weighted by Crippen LogP contribution is 2.34. The minimum Gasteiger partial charge on any atom is -0.497 e. The maximum Gasteiger partial charge on any atom is 0.254 e. The lowest BCUT2D eigenvalue weighted by atomic mass is 9.85. The van der Waals surface area contributed by atoms with Crippen LogP contribution in [-0.2, 0) is 16.1 Å². The predicted octanol–water partition coefficient (Wildman–Crippen LogP) is 2.83. The molecule has 9 nitrogen and oxygen atoms in total. The van der Waals surface area contributed by atoms with E-state index in [4.69, 9.17) is 4.74 Å². The SMILES string of the molecule is COc1ccc2c(c1)C(=O)N(C[C@@]1(C#Cc3ccc(C(=O)N4CCN(C5CCCCC5)CC4)cc3)CC(=O)NC1=O)C2. The number of nitrogens with zero attached hydrogens (tertiary/aromatic N) is 3. The summed E-state index contributed by atoms with van der Waals surface area (Å²) in [6, 6.07) is 13.0. The smallest absolute Gasteiger partial charge is 0.254 e. The number of methoxy groups -OCH3 is 1. The van der Waals surface area contributed by atoms with Gasteiger partial charge in [0.15, 0.2) is 0 Å². The monoisotopic (exact) mass is 568 g/mol. The van der Waals surface area contributed by atoms with Gasteiger partial charge in [-0.15, -0.1) is 0 Å². The van der Waals surface area contributed by atoms with Gasteiger partial charge in [0.1, 0.15) is 11.2 Å². The quantitative estimate of drug-likeness (QED) is 0.440.